The SMILES string of the molecule is CCOc1ccc(N(CCC#N)C(=O)CCCOc2ccc(F)cc2F)cc1. The van der Waals surface area contributed by atoms with E-state index in [1.54, 1.807) is 24.3 Å². The predicted molar refractivity (Wildman–Crippen MR) is 101 cm³/mol. The zero-order valence-electron chi connectivity index (χ0n) is 15.7. The van der Waals surface area contributed by atoms with E-state index < -0.39 is 11.6 Å². The van der Waals surface area contributed by atoms with E-state index >= 15 is 0 Å². The number of anilines is 1. The average molecular weight is 388 g/mol. The Morgan fingerprint density at radius 3 is 2.54 bits per heavy atom. The predicted octanol–water partition coefficient (Wildman–Crippen LogP) is 4.47. The maximum atomic E-state index is 13.5. The molecule has 0 unspecified atom stereocenters. The van der Waals surface area contributed by atoms with Crippen molar-refractivity contribution in [1.29, 1.82) is 5.26 Å². The van der Waals surface area contributed by atoms with Crippen molar-refractivity contribution in [3.8, 4) is 17.6 Å². The summed E-state index contributed by atoms with van der Waals surface area (Å²) < 4.78 is 37.1. The van der Waals surface area contributed by atoms with Gasteiger partial charge in [0, 0.05) is 24.7 Å². The van der Waals surface area contributed by atoms with Gasteiger partial charge in [0.1, 0.15) is 11.6 Å². The van der Waals surface area contributed by atoms with Gasteiger partial charge in [-0.05, 0) is 49.7 Å². The molecule has 0 aromatic heterocycles. The van der Waals surface area contributed by atoms with Gasteiger partial charge in [0.05, 0.1) is 25.7 Å². The zero-order valence-corrected chi connectivity index (χ0v) is 15.7. The summed E-state index contributed by atoms with van der Waals surface area (Å²) in [6.07, 6.45) is 0.730. The fourth-order valence-corrected chi connectivity index (χ4v) is 2.58. The van der Waals surface area contributed by atoms with Gasteiger partial charge in [-0.2, -0.15) is 5.26 Å². The summed E-state index contributed by atoms with van der Waals surface area (Å²) in [4.78, 5) is 14.1. The first-order chi connectivity index (χ1) is 13.5. The zero-order chi connectivity index (χ0) is 20.4. The molecular weight excluding hydrogens is 366 g/mol. The van der Waals surface area contributed by atoms with Crippen LogP contribution in [0.5, 0.6) is 11.5 Å². The number of amides is 1. The molecule has 0 bridgehead atoms. The van der Waals surface area contributed by atoms with Gasteiger partial charge in [-0.3, -0.25) is 4.79 Å². The number of nitrogens with zero attached hydrogens (tertiary/aromatic N) is 2. The number of hydrogen-bond acceptors (Lipinski definition) is 4. The van der Waals surface area contributed by atoms with Gasteiger partial charge in [-0.1, -0.05) is 0 Å². The standard InChI is InChI=1S/C21H22F2N2O3/c1-2-27-18-9-7-17(8-10-18)25(13-4-12-24)21(26)5-3-14-28-20-11-6-16(22)15-19(20)23/h6-11,15H,2-5,13-14H2,1H3. The molecule has 0 atom stereocenters. The van der Waals surface area contributed by atoms with Crippen molar-refractivity contribution in [2.75, 3.05) is 24.7 Å². The van der Waals surface area contributed by atoms with Crippen LogP contribution in [-0.2, 0) is 4.79 Å². The molecule has 0 aliphatic heterocycles. The highest BCUT2D eigenvalue weighted by Gasteiger charge is 2.15. The lowest BCUT2D eigenvalue weighted by molar-refractivity contribution is -0.118. The third-order valence-electron chi connectivity index (χ3n) is 3.89. The summed E-state index contributed by atoms with van der Waals surface area (Å²) in [6.45, 7) is 2.82. The van der Waals surface area contributed by atoms with E-state index in [-0.39, 0.29) is 37.6 Å². The van der Waals surface area contributed by atoms with Crippen LogP contribution in [0, 0.1) is 23.0 Å². The summed E-state index contributed by atoms with van der Waals surface area (Å²) >= 11 is 0. The lowest BCUT2D eigenvalue weighted by Crippen LogP contribution is -2.31. The molecule has 5 nitrogen and oxygen atoms in total. The minimum Gasteiger partial charge on any atom is -0.494 e. The lowest BCUT2D eigenvalue weighted by Gasteiger charge is -2.22. The smallest absolute Gasteiger partial charge is 0.227 e. The number of benzene rings is 2. The molecule has 2 rings (SSSR count). The normalized spacial score (nSPS) is 10.2. The Morgan fingerprint density at radius 2 is 1.89 bits per heavy atom. The minimum absolute atomic E-state index is 0.0540. The number of ether oxygens (including phenoxy) is 2. The second-order valence-electron chi connectivity index (χ2n) is 5.91. The molecule has 2 aromatic carbocycles. The second kappa shape index (κ2) is 10.9. The molecule has 0 heterocycles. The van der Waals surface area contributed by atoms with E-state index in [1.165, 1.54) is 11.0 Å². The van der Waals surface area contributed by atoms with Crippen molar-refractivity contribution < 1.29 is 23.0 Å². The summed E-state index contributed by atoms with van der Waals surface area (Å²) in [6, 6.07) is 12.2. The molecule has 0 fully saturated rings. The Balaban J connectivity index is 1.92. The van der Waals surface area contributed by atoms with Crippen LogP contribution < -0.4 is 14.4 Å². The van der Waals surface area contributed by atoms with E-state index in [2.05, 4.69) is 0 Å². The van der Waals surface area contributed by atoms with Gasteiger partial charge in [0.2, 0.25) is 5.91 Å². The Labute approximate surface area is 163 Å². The maximum Gasteiger partial charge on any atom is 0.227 e. The molecular formula is C21H22F2N2O3. The third kappa shape index (κ3) is 6.23. The van der Waals surface area contributed by atoms with Crippen LogP contribution in [0.1, 0.15) is 26.2 Å². The molecule has 1 amide bonds. The van der Waals surface area contributed by atoms with Crippen molar-refractivity contribution in [2.45, 2.75) is 26.2 Å². The molecule has 148 valence electrons. The summed E-state index contributed by atoms with van der Waals surface area (Å²) in [5.41, 5.74) is 0.675. The first kappa shape index (κ1) is 21.2. The highest BCUT2D eigenvalue weighted by molar-refractivity contribution is 5.93. The van der Waals surface area contributed by atoms with E-state index in [0.29, 0.717) is 24.5 Å². The van der Waals surface area contributed by atoms with Gasteiger partial charge < -0.3 is 14.4 Å². The molecule has 2 aromatic rings. The topological polar surface area (TPSA) is 62.6 Å². The van der Waals surface area contributed by atoms with Crippen LogP contribution in [0.25, 0.3) is 0 Å². The highest BCUT2D eigenvalue weighted by Crippen LogP contribution is 2.21. The maximum absolute atomic E-state index is 13.5. The Kier molecular flexibility index (Phi) is 8.22. The quantitative estimate of drug-likeness (QED) is 0.564. The highest BCUT2D eigenvalue weighted by atomic mass is 19.1. The van der Waals surface area contributed by atoms with Crippen LogP contribution in [0.15, 0.2) is 42.5 Å². The van der Waals surface area contributed by atoms with Gasteiger partial charge in [-0.25, -0.2) is 8.78 Å². The Bertz CT molecular complexity index is 819. The average Bonchev–Trinajstić information content (AvgIpc) is 2.68. The largest absolute Gasteiger partial charge is 0.494 e. The van der Waals surface area contributed by atoms with Crippen LogP contribution in [-0.4, -0.2) is 25.7 Å². The van der Waals surface area contributed by atoms with Crippen LogP contribution in [0.4, 0.5) is 14.5 Å². The summed E-state index contributed by atoms with van der Waals surface area (Å²) in [5, 5.41) is 8.85. The summed E-state index contributed by atoms with van der Waals surface area (Å²) in [7, 11) is 0. The summed E-state index contributed by atoms with van der Waals surface area (Å²) in [5.74, 6) is -0.974. The van der Waals surface area contributed by atoms with Crippen molar-refractivity contribution >= 4 is 11.6 Å². The number of hydrogen-bond donors (Lipinski definition) is 0. The molecule has 7 heteroatoms. The Hall–Kier alpha value is -3.14. The van der Waals surface area contributed by atoms with E-state index in [0.717, 1.165) is 12.1 Å². The fourth-order valence-electron chi connectivity index (χ4n) is 2.58. The van der Waals surface area contributed by atoms with Crippen LogP contribution in [0.2, 0.25) is 0 Å². The first-order valence-electron chi connectivity index (χ1n) is 9.03. The number of carbonyl (C=O) groups excluding carboxylic acids is 1. The molecule has 0 aliphatic carbocycles. The Morgan fingerprint density at radius 1 is 1.14 bits per heavy atom. The first-order valence-corrected chi connectivity index (χ1v) is 9.03. The number of rotatable bonds is 10. The van der Waals surface area contributed by atoms with Gasteiger partial charge in [0.15, 0.2) is 11.6 Å². The lowest BCUT2D eigenvalue weighted by atomic mass is 10.2. The molecule has 0 spiro atoms. The molecule has 0 aliphatic rings. The number of carbonyl (C=O) groups is 1. The molecule has 28 heavy (non-hydrogen) atoms. The minimum atomic E-state index is -0.781. The second-order valence-corrected chi connectivity index (χ2v) is 5.91. The van der Waals surface area contributed by atoms with Crippen molar-refractivity contribution in [3.05, 3.63) is 54.1 Å². The third-order valence-corrected chi connectivity index (χ3v) is 3.89. The van der Waals surface area contributed by atoms with E-state index in [1.807, 2.05) is 13.0 Å². The molecule has 0 saturated carbocycles. The fraction of sp³-hybridized carbons (Fsp3) is 0.333. The van der Waals surface area contributed by atoms with E-state index in [4.69, 9.17) is 14.7 Å². The van der Waals surface area contributed by atoms with Crippen LogP contribution >= 0.6 is 0 Å². The van der Waals surface area contributed by atoms with Gasteiger partial charge >= 0.3 is 0 Å². The number of nitriles is 1. The van der Waals surface area contributed by atoms with E-state index in [9.17, 15) is 13.6 Å². The monoisotopic (exact) mass is 388 g/mol. The number of halogens is 2. The van der Waals surface area contributed by atoms with Crippen molar-refractivity contribution in [1.82, 2.24) is 0 Å². The van der Waals surface area contributed by atoms with Crippen molar-refractivity contribution in [2.24, 2.45) is 0 Å². The molecule has 0 N–H and O–H groups in total. The van der Waals surface area contributed by atoms with Gasteiger partial charge in [-0.15, -0.1) is 0 Å². The van der Waals surface area contributed by atoms with Gasteiger partial charge in [0.25, 0.3) is 0 Å². The van der Waals surface area contributed by atoms with Crippen LogP contribution in [0.3, 0.4) is 0 Å². The molecule has 0 saturated heterocycles. The van der Waals surface area contributed by atoms with Crippen molar-refractivity contribution in [3.63, 3.8) is 0 Å². The molecule has 0 radical (unpaired) electrons.